The molecule has 2 N–H and O–H groups in total. The Kier molecular flexibility index (Phi) is 2.99. The van der Waals surface area contributed by atoms with Gasteiger partial charge in [-0.15, -0.1) is 6.58 Å². The quantitative estimate of drug-likeness (QED) is 0.832. The molecule has 0 amide bonds. The summed E-state index contributed by atoms with van der Waals surface area (Å²) in [6, 6.07) is 5.56. The molecule has 2 aromatic rings. The first-order valence-electron chi connectivity index (χ1n) is 5.15. The first-order valence-corrected chi connectivity index (χ1v) is 5.53. The number of nitrogens with two attached hydrogens (primary N) is 1. The van der Waals surface area contributed by atoms with Gasteiger partial charge in [0.2, 0.25) is 0 Å². The van der Waals surface area contributed by atoms with Gasteiger partial charge in [-0.25, -0.2) is 4.98 Å². The average molecular weight is 236 g/mol. The van der Waals surface area contributed by atoms with Crippen LogP contribution in [0.2, 0.25) is 5.02 Å². The zero-order valence-corrected chi connectivity index (χ0v) is 9.91. The summed E-state index contributed by atoms with van der Waals surface area (Å²) in [7, 11) is 0. The lowest BCUT2D eigenvalue weighted by Gasteiger charge is -2.08. The van der Waals surface area contributed by atoms with Crippen LogP contribution in [0.1, 0.15) is 18.8 Å². The standard InChI is InChI=1S/C12H14ClN3/c1-3-6-16-11-5-4-9(13)7-10(11)15-12(16)8(2)14/h3-5,7-8H,1,6,14H2,2H3. The highest BCUT2D eigenvalue weighted by molar-refractivity contribution is 6.31. The maximum atomic E-state index is 5.94. The van der Waals surface area contributed by atoms with Crippen molar-refractivity contribution in [3.8, 4) is 0 Å². The van der Waals surface area contributed by atoms with Gasteiger partial charge in [-0.1, -0.05) is 17.7 Å². The van der Waals surface area contributed by atoms with Gasteiger partial charge in [-0.05, 0) is 25.1 Å². The zero-order chi connectivity index (χ0) is 11.7. The molecule has 0 spiro atoms. The predicted molar refractivity (Wildman–Crippen MR) is 67.5 cm³/mol. The van der Waals surface area contributed by atoms with Crippen molar-refractivity contribution in [3.05, 3.63) is 41.7 Å². The van der Waals surface area contributed by atoms with Crippen molar-refractivity contribution in [3.63, 3.8) is 0 Å². The fourth-order valence-corrected chi connectivity index (χ4v) is 1.96. The molecule has 1 aromatic heterocycles. The third kappa shape index (κ3) is 1.84. The van der Waals surface area contributed by atoms with E-state index in [-0.39, 0.29) is 6.04 Å². The van der Waals surface area contributed by atoms with Gasteiger partial charge in [0.1, 0.15) is 5.82 Å². The maximum Gasteiger partial charge on any atom is 0.126 e. The number of rotatable bonds is 3. The van der Waals surface area contributed by atoms with Crippen LogP contribution in [-0.4, -0.2) is 9.55 Å². The van der Waals surface area contributed by atoms with Crippen LogP contribution < -0.4 is 5.73 Å². The smallest absolute Gasteiger partial charge is 0.126 e. The van der Waals surface area contributed by atoms with Crippen molar-refractivity contribution in [2.24, 2.45) is 5.73 Å². The lowest BCUT2D eigenvalue weighted by Crippen LogP contribution is -2.13. The summed E-state index contributed by atoms with van der Waals surface area (Å²) < 4.78 is 2.06. The molecule has 3 nitrogen and oxygen atoms in total. The van der Waals surface area contributed by atoms with Crippen LogP contribution in [0.15, 0.2) is 30.9 Å². The second-order valence-corrected chi connectivity index (χ2v) is 4.23. The summed E-state index contributed by atoms with van der Waals surface area (Å²) in [5.41, 5.74) is 7.81. The van der Waals surface area contributed by atoms with E-state index in [0.717, 1.165) is 16.9 Å². The van der Waals surface area contributed by atoms with E-state index in [1.807, 2.05) is 31.2 Å². The minimum atomic E-state index is -0.105. The number of allylic oxidation sites excluding steroid dienone is 1. The first-order chi connectivity index (χ1) is 7.63. The summed E-state index contributed by atoms with van der Waals surface area (Å²) in [6.07, 6.45) is 1.83. The maximum absolute atomic E-state index is 5.94. The fraction of sp³-hybridized carbons (Fsp3) is 0.250. The third-order valence-corrected chi connectivity index (χ3v) is 2.69. The molecule has 2 rings (SSSR count). The van der Waals surface area contributed by atoms with E-state index < -0.39 is 0 Å². The molecule has 1 atom stereocenters. The van der Waals surface area contributed by atoms with Crippen LogP contribution in [0, 0.1) is 0 Å². The number of imidazole rings is 1. The number of nitrogens with zero attached hydrogens (tertiary/aromatic N) is 2. The van der Waals surface area contributed by atoms with Crippen LogP contribution in [0.4, 0.5) is 0 Å². The first kappa shape index (κ1) is 11.2. The summed E-state index contributed by atoms with van der Waals surface area (Å²) in [4.78, 5) is 4.50. The summed E-state index contributed by atoms with van der Waals surface area (Å²) in [6.45, 7) is 6.37. The fourth-order valence-electron chi connectivity index (χ4n) is 1.79. The molecule has 1 heterocycles. The molecule has 0 aliphatic rings. The van der Waals surface area contributed by atoms with Crippen LogP contribution in [0.5, 0.6) is 0 Å². The van der Waals surface area contributed by atoms with Gasteiger partial charge in [-0.2, -0.15) is 0 Å². The second-order valence-electron chi connectivity index (χ2n) is 3.79. The van der Waals surface area contributed by atoms with Gasteiger partial charge in [0, 0.05) is 11.6 Å². The van der Waals surface area contributed by atoms with E-state index in [0.29, 0.717) is 11.6 Å². The Morgan fingerprint density at radius 2 is 2.38 bits per heavy atom. The highest BCUT2D eigenvalue weighted by atomic mass is 35.5. The van der Waals surface area contributed by atoms with Crippen LogP contribution >= 0.6 is 11.6 Å². The van der Waals surface area contributed by atoms with Crippen molar-refractivity contribution in [1.29, 1.82) is 0 Å². The van der Waals surface area contributed by atoms with E-state index in [1.54, 1.807) is 0 Å². The molecule has 1 aromatic carbocycles. The normalized spacial score (nSPS) is 12.9. The highest BCUT2D eigenvalue weighted by Crippen LogP contribution is 2.22. The highest BCUT2D eigenvalue weighted by Gasteiger charge is 2.12. The average Bonchev–Trinajstić information content (AvgIpc) is 2.57. The van der Waals surface area contributed by atoms with Crippen molar-refractivity contribution < 1.29 is 0 Å². The molecule has 0 saturated carbocycles. The largest absolute Gasteiger partial charge is 0.323 e. The Hall–Kier alpha value is -1.32. The number of fused-ring (bicyclic) bond motifs is 1. The molecule has 0 bridgehead atoms. The van der Waals surface area contributed by atoms with Crippen LogP contribution in [-0.2, 0) is 6.54 Å². The molecule has 0 aliphatic carbocycles. The summed E-state index contributed by atoms with van der Waals surface area (Å²) in [5.74, 6) is 0.858. The molecule has 4 heteroatoms. The van der Waals surface area contributed by atoms with Crippen molar-refractivity contribution in [2.75, 3.05) is 0 Å². The van der Waals surface area contributed by atoms with Crippen LogP contribution in [0.25, 0.3) is 11.0 Å². The van der Waals surface area contributed by atoms with Gasteiger partial charge >= 0.3 is 0 Å². The number of benzene rings is 1. The van der Waals surface area contributed by atoms with E-state index in [2.05, 4.69) is 16.1 Å². The van der Waals surface area contributed by atoms with Crippen molar-refractivity contribution in [1.82, 2.24) is 9.55 Å². The van der Waals surface area contributed by atoms with E-state index in [9.17, 15) is 0 Å². The van der Waals surface area contributed by atoms with E-state index in [1.165, 1.54) is 0 Å². The van der Waals surface area contributed by atoms with E-state index >= 15 is 0 Å². The molecular formula is C12H14ClN3. The van der Waals surface area contributed by atoms with Crippen molar-refractivity contribution >= 4 is 22.6 Å². The van der Waals surface area contributed by atoms with Gasteiger partial charge in [0.05, 0.1) is 17.1 Å². The molecule has 16 heavy (non-hydrogen) atoms. The Bertz CT molecular complexity index is 528. The second kappa shape index (κ2) is 4.28. The molecule has 0 saturated heterocycles. The number of halogens is 1. The Labute approximate surface area is 99.5 Å². The Balaban J connectivity index is 2.70. The molecular weight excluding hydrogens is 222 g/mol. The molecule has 84 valence electrons. The van der Waals surface area contributed by atoms with Gasteiger partial charge in [-0.3, -0.25) is 0 Å². The van der Waals surface area contributed by atoms with Gasteiger partial charge in [0.15, 0.2) is 0 Å². The predicted octanol–water partition coefficient (Wildman–Crippen LogP) is 2.90. The monoisotopic (exact) mass is 235 g/mol. The minimum absolute atomic E-state index is 0.105. The summed E-state index contributed by atoms with van der Waals surface area (Å²) in [5, 5.41) is 0.687. The van der Waals surface area contributed by atoms with E-state index in [4.69, 9.17) is 17.3 Å². The van der Waals surface area contributed by atoms with Crippen molar-refractivity contribution in [2.45, 2.75) is 19.5 Å². The molecule has 0 aliphatic heterocycles. The molecule has 0 radical (unpaired) electrons. The number of aromatic nitrogens is 2. The molecule has 0 fully saturated rings. The summed E-state index contributed by atoms with van der Waals surface area (Å²) >= 11 is 5.94. The topological polar surface area (TPSA) is 43.8 Å². The lowest BCUT2D eigenvalue weighted by atomic mass is 10.3. The Morgan fingerprint density at radius 3 is 3.00 bits per heavy atom. The number of hydrogen-bond donors (Lipinski definition) is 1. The van der Waals surface area contributed by atoms with Gasteiger partial charge < -0.3 is 10.3 Å². The molecule has 1 unspecified atom stereocenters. The Morgan fingerprint density at radius 1 is 1.62 bits per heavy atom. The van der Waals surface area contributed by atoms with Gasteiger partial charge in [0.25, 0.3) is 0 Å². The third-order valence-electron chi connectivity index (χ3n) is 2.46. The van der Waals surface area contributed by atoms with Crippen LogP contribution in [0.3, 0.4) is 0 Å². The lowest BCUT2D eigenvalue weighted by molar-refractivity contribution is 0.671. The zero-order valence-electron chi connectivity index (χ0n) is 9.15. The SMILES string of the molecule is C=CCn1c(C(C)N)nc2cc(Cl)ccc21. The number of hydrogen-bond acceptors (Lipinski definition) is 2. The minimum Gasteiger partial charge on any atom is -0.323 e.